The van der Waals surface area contributed by atoms with E-state index < -0.39 is 0 Å². The number of aromatic nitrogens is 2. The summed E-state index contributed by atoms with van der Waals surface area (Å²) < 4.78 is 2.15. The van der Waals surface area contributed by atoms with Gasteiger partial charge in [0.25, 0.3) is 0 Å². The Morgan fingerprint density at radius 3 is 3.06 bits per heavy atom. The molecule has 2 rings (SSSR count). The Bertz CT molecular complexity index is 381. The van der Waals surface area contributed by atoms with Crippen LogP contribution in [-0.4, -0.2) is 9.55 Å². The molecule has 1 aromatic rings. The molecule has 1 aliphatic carbocycles. The van der Waals surface area contributed by atoms with Gasteiger partial charge in [0.15, 0.2) is 0 Å². The minimum absolute atomic E-state index is 0.134. The summed E-state index contributed by atoms with van der Waals surface area (Å²) in [4.78, 5) is 4.42. The molecule has 0 saturated heterocycles. The van der Waals surface area contributed by atoms with Crippen LogP contribution in [0.2, 0.25) is 0 Å². The zero-order chi connectivity index (χ0) is 12.1. The van der Waals surface area contributed by atoms with Crippen LogP contribution in [-0.2, 0) is 6.54 Å². The lowest BCUT2D eigenvalue weighted by Crippen LogP contribution is -2.30. The van der Waals surface area contributed by atoms with E-state index in [2.05, 4.69) is 28.0 Å². The van der Waals surface area contributed by atoms with Crippen LogP contribution in [0.5, 0.6) is 0 Å². The lowest BCUT2D eigenvalue weighted by molar-refractivity contribution is 0.482. The maximum absolute atomic E-state index is 5.67. The van der Waals surface area contributed by atoms with Crippen molar-refractivity contribution in [1.82, 2.24) is 15.0 Å². The van der Waals surface area contributed by atoms with Gasteiger partial charge in [-0.1, -0.05) is 11.6 Å². The van der Waals surface area contributed by atoms with E-state index in [0.29, 0.717) is 0 Å². The van der Waals surface area contributed by atoms with Crippen molar-refractivity contribution in [2.75, 3.05) is 0 Å². The van der Waals surface area contributed by atoms with Gasteiger partial charge in [-0.25, -0.2) is 10.4 Å². The minimum Gasteiger partial charge on any atom is -0.334 e. The normalized spacial score (nSPS) is 17.9. The molecule has 4 nitrogen and oxygen atoms in total. The standard InChI is InChI=1S/C13H22N4/c1-2-17-9-8-15-13(17)12(16-14)10-11-6-4-3-5-7-11/h6,8-9,12,16H,2-5,7,10,14H2,1H3. The second kappa shape index (κ2) is 5.98. The Labute approximate surface area is 103 Å². The number of rotatable bonds is 5. The SMILES string of the molecule is CCn1ccnc1C(CC1=CCCCC1)NN. The van der Waals surface area contributed by atoms with E-state index in [-0.39, 0.29) is 6.04 Å². The van der Waals surface area contributed by atoms with E-state index in [1.165, 1.54) is 31.3 Å². The molecule has 17 heavy (non-hydrogen) atoms. The summed E-state index contributed by atoms with van der Waals surface area (Å²) in [6.07, 6.45) is 12.3. The Kier molecular flexibility index (Phi) is 4.34. The van der Waals surface area contributed by atoms with Gasteiger partial charge in [-0.3, -0.25) is 5.84 Å². The maximum Gasteiger partial charge on any atom is 0.127 e. The van der Waals surface area contributed by atoms with Crippen LogP contribution in [0.25, 0.3) is 0 Å². The topological polar surface area (TPSA) is 55.9 Å². The van der Waals surface area contributed by atoms with Crippen LogP contribution in [0, 0.1) is 0 Å². The number of nitrogens with one attached hydrogen (secondary N) is 1. The van der Waals surface area contributed by atoms with E-state index in [1.54, 1.807) is 0 Å². The fraction of sp³-hybridized carbons (Fsp3) is 0.615. The highest BCUT2D eigenvalue weighted by molar-refractivity contribution is 5.11. The van der Waals surface area contributed by atoms with Crippen molar-refractivity contribution in [3.05, 3.63) is 29.9 Å². The first-order valence-corrected chi connectivity index (χ1v) is 6.50. The van der Waals surface area contributed by atoms with Crippen molar-refractivity contribution in [3.8, 4) is 0 Å². The van der Waals surface area contributed by atoms with Crippen molar-refractivity contribution >= 4 is 0 Å². The lowest BCUT2D eigenvalue weighted by atomic mass is 9.94. The number of nitrogens with zero attached hydrogens (tertiary/aromatic N) is 2. The van der Waals surface area contributed by atoms with E-state index in [0.717, 1.165) is 18.8 Å². The van der Waals surface area contributed by atoms with Crippen molar-refractivity contribution in [1.29, 1.82) is 0 Å². The first kappa shape index (κ1) is 12.3. The fourth-order valence-corrected chi connectivity index (χ4v) is 2.48. The minimum atomic E-state index is 0.134. The lowest BCUT2D eigenvalue weighted by Gasteiger charge is -2.20. The number of aryl methyl sites for hydroxylation is 1. The second-order valence-corrected chi connectivity index (χ2v) is 4.60. The summed E-state index contributed by atoms with van der Waals surface area (Å²) >= 11 is 0. The first-order chi connectivity index (χ1) is 8.35. The van der Waals surface area contributed by atoms with Crippen LogP contribution < -0.4 is 11.3 Å². The molecule has 1 unspecified atom stereocenters. The molecule has 1 heterocycles. The Morgan fingerprint density at radius 1 is 1.53 bits per heavy atom. The fourth-order valence-electron chi connectivity index (χ4n) is 2.48. The predicted molar refractivity (Wildman–Crippen MR) is 69.1 cm³/mol. The third kappa shape index (κ3) is 2.96. The van der Waals surface area contributed by atoms with Crippen molar-refractivity contribution in [2.45, 2.75) is 51.6 Å². The molecule has 0 bridgehead atoms. The van der Waals surface area contributed by atoms with Gasteiger partial charge in [-0.05, 0) is 39.0 Å². The average Bonchev–Trinajstić information content (AvgIpc) is 2.85. The molecule has 0 fully saturated rings. The number of imidazole rings is 1. The summed E-state index contributed by atoms with van der Waals surface area (Å²) in [5, 5.41) is 0. The van der Waals surface area contributed by atoms with Gasteiger partial charge < -0.3 is 4.57 Å². The number of nitrogens with two attached hydrogens (primary N) is 1. The Hall–Kier alpha value is -1.13. The smallest absolute Gasteiger partial charge is 0.127 e. The molecule has 0 aliphatic heterocycles. The Morgan fingerprint density at radius 2 is 2.41 bits per heavy atom. The van der Waals surface area contributed by atoms with E-state index >= 15 is 0 Å². The van der Waals surface area contributed by atoms with Gasteiger partial charge in [0.05, 0.1) is 6.04 Å². The highest BCUT2D eigenvalue weighted by Gasteiger charge is 2.17. The summed E-state index contributed by atoms with van der Waals surface area (Å²) in [5.74, 6) is 6.72. The number of hydrogen-bond acceptors (Lipinski definition) is 3. The van der Waals surface area contributed by atoms with Gasteiger partial charge in [0.1, 0.15) is 5.82 Å². The monoisotopic (exact) mass is 234 g/mol. The van der Waals surface area contributed by atoms with Crippen LogP contribution in [0.3, 0.4) is 0 Å². The molecule has 0 aromatic carbocycles. The molecule has 0 saturated carbocycles. The summed E-state index contributed by atoms with van der Waals surface area (Å²) in [6.45, 7) is 3.06. The van der Waals surface area contributed by atoms with Gasteiger partial charge >= 0.3 is 0 Å². The molecule has 1 aromatic heterocycles. The zero-order valence-corrected chi connectivity index (χ0v) is 10.5. The van der Waals surface area contributed by atoms with E-state index in [9.17, 15) is 0 Å². The maximum atomic E-state index is 5.67. The third-order valence-electron chi connectivity index (χ3n) is 3.45. The van der Waals surface area contributed by atoms with Crippen molar-refractivity contribution < 1.29 is 0 Å². The molecule has 94 valence electrons. The van der Waals surface area contributed by atoms with Gasteiger partial charge in [0.2, 0.25) is 0 Å². The van der Waals surface area contributed by atoms with Gasteiger partial charge in [-0.2, -0.15) is 0 Å². The molecular formula is C13H22N4. The van der Waals surface area contributed by atoms with Crippen LogP contribution in [0.1, 0.15) is 50.9 Å². The highest BCUT2D eigenvalue weighted by atomic mass is 15.3. The van der Waals surface area contributed by atoms with Crippen LogP contribution in [0.4, 0.5) is 0 Å². The molecule has 4 heteroatoms. The molecule has 0 spiro atoms. The first-order valence-electron chi connectivity index (χ1n) is 6.50. The summed E-state index contributed by atoms with van der Waals surface area (Å²) in [7, 11) is 0. The third-order valence-corrected chi connectivity index (χ3v) is 3.45. The van der Waals surface area contributed by atoms with Crippen LogP contribution >= 0.6 is 0 Å². The quantitative estimate of drug-likeness (QED) is 0.467. The average molecular weight is 234 g/mol. The van der Waals surface area contributed by atoms with Crippen molar-refractivity contribution in [2.24, 2.45) is 5.84 Å². The van der Waals surface area contributed by atoms with E-state index in [4.69, 9.17) is 5.84 Å². The van der Waals surface area contributed by atoms with Crippen LogP contribution in [0.15, 0.2) is 24.0 Å². The molecule has 0 radical (unpaired) electrons. The highest BCUT2D eigenvalue weighted by Crippen LogP contribution is 2.26. The number of hydrazine groups is 1. The van der Waals surface area contributed by atoms with Gasteiger partial charge in [0, 0.05) is 18.9 Å². The molecule has 0 amide bonds. The number of hydrogen-bond donors (Lipinski definition) is 2. The van der Waals surface area contributed by atoms with Crippen molar-refractivity contribution in [3.63, 3.8) is 0 Å². The second-order valence-electron chi connectivity index (χ2n) is 4.60. The molecule has 3 N–H and O–H groups in total. The summed E-state index contributed by atoms with van der Waals surface area (Å²) in [6, 6.07) is 0.134. The van der Waals surface area contributed by atoms with E-state index in [1.807, 2.05) is 12.4 Å². The summed E-state index contributed by atoms with van der Waals surface area (Å²) in [5.41, 5.74) is 4.42. The Balaban J connectivity index is 2.08. The molecule has 1 aliphatic rings. The van der Waals surface area contributed by atoms with Gasteiger partial charge in [-0.15, -0.1) is 0 Å². The zero-order valence-electron chi connectivity index (χ0n) is 10.5. The molecular weight excluding hydrogens is 212 g/mol. The largest absolute Gasteiger partial charge is 0.334 e. The number of allylic oxidation sites excluding steroid dienone is 1. The molecule has 1 atom stereocenters. The predicted octanol–water partition coefficient (Wildman–Crippen LogP) is 2.30.